The van der Waals surface area contributed by atoms with Crippen molar-refractivity contribution < 1.29 is 4.79 Å². The average Bonchev–Trinajstić information content (AvgIpc) is 3.01. The van der Waals surface area contributed by atoms with Crippen LogP contribution in [0.5, 0.6) is 0 Å². The van der Waals surface area contributed by atoms with Crippen molar-refractivity contribution >= 4 is 29.7 Å². The van der Waals surface area contributed by atoms with Crippen molar-refractivity contribution in [2.75, 3.05) is 6.54 Å². The molecule has 2 N–H and O–H groups in total. The van der Waals surface area contributed by atoms with Gasteiger partial charge in [-0.15, -0.1) is 0 Å². The fraction of sp³-hybridized carbons (Fsp3) is 0.111. The predicted octanol–water partition coefficient (Wildman–Crippen LogP) is 3.56. The summed E-state index contributed by atoms with van der Waals surface area (Å²) in [5, 5.41) is 14.9. The van der Waals surface area contributed by atoms with Crippen LogP contribution in [0.2, 0.25) is 5.02 Å². The van der Waals surface area contributed by atoms with Gasteiger partial charge >= 0.3 is 0 Å². The van der Waals surface area contributed by atoms with E-state index in [4.69, 9.17) is 29.1 Å². The van der Waals surface area contributed by atoms with Crippen molar-refractivity contribution in [3.8, 4) is 17.5 Å². The SMILES string of the molecule is N#CCNC(=O)c1ccccc1Cn1[nH]c(-c2ccccc2Cl)nc1=S. The molecule has 0 fully saturated rings. The summed E-state index contributed by atoms with van der Waals surface area (Å²) in [7, 11) is 0. The predicted molar refractivity (Wildman–Crippen MR) is 101 cm³/mol. The minimum atomic E-state index is -0.306. The van der Waals surface area contributed by atoms with E-state index in [9.17, 15) is 4.79 Å². The third kappa shape index (κ3) is 3.82. The molecule has 0 saturated carbocycles. The Bertz CT molecular complexity index is 1050. The van der Waals surface area contributed by atoms with Gasteiger partial charge in [-0.05, 0) is 36.0 Å². The van der Waals surface area contributed by atoms with Gasteiger partial charge in [0, 0.05) is 11.1 Å². The molecule has 0 saturated heterocycles. The molecule has 0 aliphatic rings. The molecular weight excluding hydrogens is 370 g/mol. The van der Waals surface area contributed by atoms with Gasteiger partial charge in [-0.2, -0.15) is 10.2 Å². The van der Waals surface area contributed by atoms with E-state index in [2.05, 4.69) is 15.4 Å². The summed E-state index contributed by atoms with van der Waals surface area (Å²) in [6.45, 7) is 0.291. The lowest BCUT2D eigenvalue weighted by atomic mass is 10.1. The molecule has 0 radical (unpaired) electrons. The van der Waals surface area contributed by atoms with E-state index in [1.165, 1.54) is 0 Å². The van der Waals surface area contributed by atoms with Crippen LogP contribution in [0.25, 0.3) is 11.4 Å². The molecule has 0 unspecified atom stereocenters. The number of aromatic amines is 1. The van der Waals surface area contributed by atoms with Crippen LogP contribution in [0.15, 0.2) is 48.5 Å². The lowest BCUT2D eigenvalue weighted by Crippen LogP contribution is -2.25. The lowest BCUT2D eigenvalue weighted by Gasteiger charge is -2.09. The summed E-state index contributed by atoms with van der Waals surface area (Å²) >= 11 is 11.5. The Kier molecular flexibility index (Phi) is 5.46. The molecule has 2 aromatic carbocycles. The third-order valence-corrected chi connectivity index (χ3v) is 4.37. The molecule has 0 bridgehead atoms. The van der Waals surface area contributed by atoms with Crippen molar-refractivity contribution in [2.45, 2.75) is 6.54 Å². The summed E-state index contributed by atoms with van der Waals surface area (Å²) < 4.78 is 2.02. The standard InChI is InChI=1S/C18H14ClN5OS/c19-15-8-4-3-7-14(15)16-22-18(26)24(23-16)11-12-5-1-2-6-13(12)17(25)21-10-9-20/h1-8H,10-11H2,(H,21,25)(H,22,23,26). The molecule has 1 heterocycles. The number of carbonyl (C=O) groups excluding carboxylic acids is 1. The van der Waals surface area contributed by atoms with Crippen molar-refractivity contribution in [1.82, 2.24) is 20.1 Å². The van der Waals surface area contributed by atoms with Crippen molar-refractivity contribution in [3.05, 3.63) is 69.5 Å². The van der Waals surface area contributed by atoms with Gasteiger partial charge in [-0.3, -0.25) is 14.6 Å². The summed E-state index contributed by atoms with van der Waals surface area (Å²) in [6.07, 6.45) is 0. The van der Waals surface area contributed by atoms with Gasteiger partial charge in [-0.1, -0.05) is 41.9 Å². The molecule has 6 nitrogen and oxygen atoms in total. The topological polar surface area (TPSA) is 86.5 Å². The fourth-order valence-corrected chi connectivity index (χ4v) is 2.93. The maximum atomic E-state index is 12.2. The van der Waals surface area contributed by atoms with Crippen LogP contribution in [0, 0.1) is 16.1 Å². The minimum absolute atomic E-state index is 0.0483. The highest BCUT2D eigenvalue weighted by atomic mass is 35.5. The smallest absolute Gasteiger partial charge is 0.252 e. The molecule has 1 amide bonds. The van der Waals surface area contributed by atoms with E-state index in [0.29, 0.717) is 27.7 Å². The molecule has 3 aromatic rings. The first kappa shape index (κ1) is 17.9. The Hall–Kier alpha value is -2.95. The van der Waals surface area contributed by atoms with Gasteiger partial charge in [0.05, 0.1) is 17.6 Å². The van der Waals surface area contributed by atoms with Gasteiger partial charge < -0.3 is 5.32 Å². The quantitative estimate of drug-likeness (QED) is 0.521. The minimum Gasteiger partial charge on any atom is -0.339 e. The summed E-state index contributed by atoms with van der Waals surface area (Å²) in [4.78, 5) is 16.6. The van der Waals surface area contributed by atoms with Gasteiger partial charge in [0.15, 0.2) is 5.82 Å². The number of amides is 1. The molecule has 8 heteroatoms. The van der Waals surface area contributed by atoms with Crippen molar-refractivity contribution in [1.29, 1.82) is 5.26 Å². The summed E-state index contributed by atoms with van der Waals surface area (Å²) in [6, 6.07) is 16.4. The Morgan fingerprint density at radius 3 is 2.77 bits per heavy atom. The zero-order chi connectivity index (χ0) is 18.5. The number of nitrogens with one attached hydrogen (secondary N) is 2. The Labute approximate surface area is 160 Å². The van der Waals surface area contributed by atoms with E-state index in [1.807, 2.05) is 36.4 Å². The zero-order valence-corrected chi connectivity index (χ0v) is 15.1. The van der Waals surface area contributed by atoms with Gasteiger partial charge in [-0.25, -0.2) is 0 Å². The summed E-state index contributed by atoms with van der Waals surface area (Å²) in [5.74, 6) is 0.256. The first-order valence-electron chi connectivity index (χ1n) is 7.75. The van der Waals surface area contributed by atoms with E-state index >= 15 is 0 Å². The van der Waals surface area contributed by atoms with Gasteiger partial charge in [0.2, 0.25) is 4.77 Å². The maximum Gasteiger partial charge on any atom is 0.252 e. The number of carbonyl (C=O) groups is 1. The number of hydrogen-bond acceptors (Lipinski definition) is 4. The fourth-order valence-electron chi connectivity index (χ4n) is 2.50. The van der Waals surface area contributed by atoms with Crippen molar-refractivity contribution in [3.63, 3.8) is 0 Å². The third-order valence-electron chi connectivity index (χ3n) is 3.73. The molecule has 130 valence electrons. The highest BCUT2D eigenvalue weighted by molar-refractivity contribution is 7.71. The number of H-pyrrole nitrogens is 1. The van der Waals surface area contributed by atoms with Crippen LogP contribution in [-0.2, 0) is 6.54 Å². The molecule has 1 aromatic heterocycles. The second-order valence-corrected chi connectivity index (χ2v) is 6.19. The van der Waals surface area contributed by atoms with E-state index in [-0.39, 0.29) is 12.5 Å². The second-order valence-electron chi connectivity index (χ2n) is 5.42. The number of halogens is 1. The number of benzene rings is 2. The molecule has 3 rings (SSSR count). The summed E-state index contributed by atoms with van der Waals surface area (Å²) in [5.41, 5.74) is 1.99. The first-order chi connectivity index (χ1) is 12.6. The van der Waals surface area contributed by atoms with Crippen LogP contribution in [0.4, 0.5) is 0 Å². The number of nitrogens with zero attached hydrogens (tertiary/aromatic N) is 3. The van der Waals surface area contributed by atoms with Crippen LogP contribution >= 0.6 is 23.8 Å². The molecule has 0 spiro atoms. The molecule has 0 aliphatic carbocycles. The van der Waals surface area contributed by atoms with Crippen LogP contribution in [-0.4, -0.2) is 27.2 Å². The largest absolute Gasteiger partial charge is 0.339 e. The molecule has 26 heavy (non-hydrogen) atoms. The monoisotopic (exact) mass is 383 g/mol. The van der Waals surface area contributed by atoms with Crippen LogP contribution in [0.3, 0.4) is 0 Å². The molecular formula is C18H14ClN5OS. The molecule has 0 atom stereocenters. The number of aromatic nitrogens is 3. The second kappa shape index (κ2) is 7.95. The Morgan fingerprint density at radius 1 is 1.27 bits per heavy atom. The first-order valence-corrected chi connectivity index (χ1v) is 8.53. The van der Waals surface area contributed by atoms with Crippen LogP contribution in [0.1, 0.15) is 15.9 Å². The Balaban J connectivity index is 1.92. The van der Waals surface area contributed by atoms with Gasteiger partial charge in [0.1, 0.15) is 6.54 Å². The molecule has 0 aliphatic heterocycles. The van der Waals surface area contributed by atoms with Crippen LogP contribution < -0.4 is 5.32 Å². The number of nitriles is 1. The maximum absolute atomic E-state index is 12.2. The van der Waals surface area contributed by atoms with E-state index in [0.717, 1.165) is 11.1 Å². The zero-order valence-electron chi connectivity index (χ0n) is 13.6. The number of hydrogen-bond donors (Lipinski definition) is 2. The van der Waals surface area contributed by atoms with Crippen molar-refractivity contribution in [2.24, 2.45) is 0 Å². The van der Waals surface area contributed by atoms with Gasteiger partial charge in [0.25, 0.3) is 5.91 Å². The normalized spacial score (nSPS) is 10.3. The lowest BCUT2D eigenvalue weighted by molar-refractivity contribution is 0.0957. The van der Waals surface area contributed by atoms with E-state index < -0.39 is 0 Å². The van der Waals surface area contributed by atoms with E-state index in [1.54, 1.807) is 22.9 Å². The Morgan fingerprint density at radius 2 is 2.00 bits per heavy atom. The number of rotatable bonds is 5. The average molecular weight is 384 g/mol. The highest BCUT2D eigenvalue weighted by Gasteiger charge is 2.13. The highest BCUT2D eigenvalue weighted by Crippen LogP contribution is 2.24.